The number of ether oxygens (including phenoxy) is 1. The Morgan fingerprint density at radius 3 is 2.50 bits per heavy atom. The molecule has 0 fully saturated rings. The van der Waals surface area contributed by atoms with Gasteiger partial charge in [0, 0.05) is 4.88 Å². The Labute approximate surface area is 209 Å². The maximum Gasteiger partial charge on any atom is 0.306 e. The normalized spacial score (nSPS) is 11.0. The van der Waals surface area contributed by atoms with Gasteiger partial charge < -0.3 is 10.1 Å². The minimum absolute atomic E-state index is 0.0611. The number of nitrogens with one attached hydrogen (secondary N) is 1. The van der Waals surface area contributed by atoms with E-state index in [9.17, 15) is 9.59 Å². The van der Waals surface area contributed by atoms with Gasteiger partial charge >= 0.3 is 5.97 Å². The van der Waals surface area contributed by atoms with Crippen LogP contribution in [-0.2, 0) is 27.2 Å². The number of aryl methyl sites for hydroxylation is 2. The van der Waals surface area contributed by atoms with Crippen LogP contribution in [0.4, 0.5) is 5.13 Å². The fourth-order valence-corrected chi connectivity index (χ4v) is 4.97. The molecule has 3 aromatic rings. The number of thiazole rings is 1. The Hall–Kier alpha value is -2.90. The lowest BCUT2D eigenvalue weighted by Crippen LogP contribution is -2.14. The van der Waals surface area contributed by atoms with Gasteiger partial charge in [-0.3, -0.25) is 9.59 Å². The second-order valence-corrected chi connectivity index (χ2v) is 9.76. The summed E-state index contributed by atoms with van der Waals surface area (Å²) in [6.45, 7) is 2.17. The number of amides is 1. The molecule has 5 nitrogen and oxygen atoms in total. The lowest BCUT2D eigenvalue weighted by Gasteiger charge is -2.03. The molecule has 0 saturated heterocycles. The molecule has 7 heteroatoms. The number of nitrogens with zero attached hydrogens (tertiary/aromatic N) is 1. The highest BCUT2D eigenvalue weighted by Gasteiger charge is 2.14. The van der Waals surface area contributed by atoms with Gasteiger partial charge in [-0.25, -0.2) is 4.98 Å². The van der Waals surface area contributed by atoms with Gasteiger partial charge in [0.15, 0.2) is 5.13 Å². The minimum Gasteiger partial charge on any atom is -0.466 e. The summed E-state index contributed by atoms with van der Waals surface area (Å²) < 4.78 is 5.05. The fourth-order valence-electron chi connectivity index (χ4n) is 3.26. The van der Waals surface area contributed by atoms with Crippen molar-refractivity contribution >= 4 is 52.3 Å². The third-order valence-electron chi connectivity index (χ3n) is 4.90. The van der Waals surface area contributed by atoms with Crippen molar-refractivity contribution in [2.24, 2.45) is 0 Å². The second kappa shape index (κ2) is 14.4. The highest BCUT2D eigenvalue weighted by Crippen LogP contribution is 2.26. The summed E-state index contributed by atoms with van der Waals surface area (Å²) in [4.78, 5) is 29.8. The molecule has 0 unspecified atom stereocenters. The Kier molecular flexibility index (Phi) is 10.9. The van der Waals surface area contributed by atoms with E-state index in [1.54, 1.807) is 18.7 Å². The monoisotopic (exact) mass is 494 g/mol. The first kappa shape index (κ1) is 25.7. The molecule has 0 aliphatic heterocycles. The van der Waals surface area contributed by atoms with Crippen LogP contribution in [0.1, 0.15) is 41.5 Å². The summed E-state index contributed by atoms with van der Waals surface area (Å²) in [6, 6.07) is 20.3. The predicted octanol–water partition coefficient (Wildman–Crippen LogP) is 6.11. The molecule has 2 aromatic carbocycles. The Morgan fingerprint density at radius 1 is 1.03 bits per heavy atom. The summed E-state index contributed by atoms with van der Waals surface area (Å²) >= 11 is 3.04. The Balaban J connectivity index is 1.54. The van der Waals surface area contributed by atoms with E-state index in [4.69, 9.17) is 4.74 Å². The first-order valence-corrected chi connectivity index (χ1v) is 13.4. The summed E-state index contributed by atoms with van der Waals surface area (Å²) in [5.41, 5.74) is 3.15. The van der Waals surface area contributed by atoms with Gasteiger partial charge in [0.25, 0.3) is 0 Å². The number of thioether (sulfide) groups is 1. The van der Waals surface area contributed by atoms with Gasteiger partial charge in [-0.05, 0) is 49.1 Å². The third kappa shape index (κ3) is 9.15. The summed E-state index contributed by atoms with van der Waals surface area (Å²) in [5, 5.41) is 3.48. The van der Waals surface area contributed by atoms with Crippen LogP contribution in [0.3, 0.4) is 0 Å². The zero-order chi connectivity index (χ0) is 24.0. The van der Waals surface area contributed by atoms with Crippen molar-refractivity contribution in [1.29, 1.82) is 0 Å². The summed E-state index contributed by atoms with van der Waals surface area (Å²) in [5.74, 6) is 1.03. The molecule has 1 aromatic heterocycles. The van der Waals surface area contributed by atoms with Gasteiger partial charge in [0.05, 0.1) is 24.5 Å². The number of aromatic nitrogens is 1. The van der Waals surface area contributed by atoms with E-state index < -0.39 is 0 Å². The maximum absolute atomic E-state index is 12.4. The number of benzene rings is 2. The van der Waals surface area contributed by atoms with E-state index in [0.29, 0.717) is 23.9 Å². The van der Waals surface area contributed by atoms with Crippen molar-refractivity contribution in [2.45, 2.75) is 32.6 Å². The molecule has 1 heterocycles. The van der Waals surface area contributed by atoms with E-state index in [0.717, 1.165) is 34.7 Å². The summed E-state index contributed by atoms with van der Waals surface area (Å²) in [6.07, 6.45) is 6.77. The molecule has 0 radical (unpaired) electrons. The SMILES string of the molecule is CCOC(=O)CCc1sc(NC(=O)CSCCCc2ccccc2)nc1/C=C/c1ccccc1. The van der Waals surface area contributed by atoms with Gasteiger partial charge in [-0.1, -0.05) is 66.7 Å². The molecular weight excluding hydrogens is 464 g/mol. The van der Waals surface area contributed by atoms with Gasteiger partial charge in [0.2, 0.25) is 5.91 Å². The number of esters is 1. The first-order chi connectivity index (χ1) is 16.6. The Morgan fingerprint density at radius 2 is 1.76 bits per heavy atom. The zero-order valence-corrected chi connectivity index (χ0v) is 21.0. The number of rotatable bonds is 13. The predicted molar refractivity (Wildman–Crippen MR) is 143 cm³/mol. The number of carbonyl (C=O) groups excluding carboxylic acids is 2. The van der Waals surface area contributed by atoms with E-state index in [1.807, 2.05) is 60.7 Å². The van der Waals surface area contributed by atoms with Crippen LogP contribution in [0.2, 0.25) is 0 Å². The molecule has 0 atom stereocenters. The number of carbonyl (C=O) groups is 2. The van der Waals surface area contributed by atoms with Crippen LogP contribution < -0.4 is 5.32 Å². The molecule has 0 saturated carbocycles. The van der Waals surface area contributed by atoms with Crippen molar-refractivity contribution in [1.82, 2.24) is 4.98 Å². The zero-order valence-electron chi connectivity index (χ0n) is 19.4. The fraction of sp³-hybridized carbons (Fsp3) is 0.296. The van der Waals surface area contributed by atoms with E-state index in [-0.39, 0.29) is 18.3 Å². The van der Waals surface area contributed by atoms with Crippen LogP contribution in [-0.4, -0.2) is 35.0 Å². The quantitative estimate of drug-likeness (QED) is 0.229. The number of hydrogen-bond donors (Lipinski definition) is 1. The van der Waals surface area contributed by atoms with E-state index in [1.165, 1.54) is 16.9 Å². The molecule has 1 amide bonds. The smallest absolute Gasteiger partial charge is 0.306 e. The minimum atomic E-state index is -0.230. The molecule has 34 heavy (non-hydrogen) atoms. The number of anilines is 1. The van der Waals surface area contributed by atoms with Crippen molar-refractivity contribution in [3.63, 3.8) is 0 Å². The van der Waals surface area contributed by atoms with Crippen molar-refractivity contribution < 1.29 is 14.3 Å². The number of hydrogen-bond acceptors (Lipinski definition) is 6. The van der Waals surface area contributed by atoms with Crippen LogP contribution in [0.5, 0.6) is 0 Å². The van der Waals surface area contributed by atoms with Gasteiger partial charge in [-0.2, -0.15) is 11.8 Å². The molecule has 178 valence electrons. The molecular formula is C27H30N2O3S2. The topological polar surface area (TPSA) is 68.3 Å². The lowest BCUT2D eigenvalue weighted by atomic mass is 10.1. The lowest BCUT2D eigenvalue weighted by molar-refractivity contribution is -0.143. The average molecular weight is 495 g/mol. The molecule has 0 spiro atoms. The second-order valence-electron chi connectivity index (χ2n) is 7.57. The standard InChI is InChI=1S/C27H30N2O3S2/c1-2-32-26(31)18-17-24-23(16-15-22-12-7-4-8-13-22)28-27(34-24)29-25(30)20-33-19-9-14-21-10-5-3-6-11-21/h3-8,10-13,15-16H,2,9,14,17-20H2,1H3,(H,28,29,30)/b16-15+. The van der Waals surface area contributed by atoms with Crippen molar-refractivity contribution in [3.05, 3.63) is 82.4 Å². The molecule has 3 rings (SSSR count). The van der Waals surface area contributed by atoms with Crippen molar-refractivity contribution in [2.75, 3.05) is 23.4 Å². The van der Waals surface area contributed by atoms with E-state index in [2.05, 4.69) is 22.4 Å². The van der Waals surface area contributed by atoms with Gasteiger partial charge in [0.1, 0.15) is 0 Å². The van der Waals surface area contributed by atoms with Crippen LogP contribution in [0.15, 0.2) is 60.7 Å². The largest absolute Gasteiger partial charge is 0.466 e. The average Bonchev–Trinajstić information content (AvgIpc) is 3.24. The van der Waals surface area contributed by atoms with E-state index >= 15 is 0 Å². The molecule has 0 bridgehead atoms. The highest BCUT2D eigenvalue weighted by atomic mass is 32.2. The Bertz CT molecular complexity index is 1070. The molecule has 0 aliphatic rings. The third-order valence-corrected chi connectivity index (χ3v) is 6.99. The maximum atomic E-state index is 12.4. The van der Waals surface area contributed by atoms with Crippen LogP contribution >= 0.6 is 23.1 Å². The first-order valence-electron chi connectivity index (χ1n) is 11.4. The highest BCUT2D eigenvalue weighted by molar-refractivity contribution is 7.99. The van der Waals surface area contributed by atoms with Gasteiger partial charge in [-0.15, -0.1) is 11.3 Å². The van der Waals surface area contributed by atoms with Crippen LogP contribution in [0.25, 0.3) is 12.2 Å². The molecule has 1 N–H and O–H groups in total. The van der Waals surface area contributed by atoms with Crippen molar-refractivity contribution in [3.8, 4) is 0 Å². The molecule has 0 aliphatic carbocycles. The van der Waals surface area contributed by atoms with Crippen LogP contribution in [0, 0.1) is 0 Å². The summed E-state index contributed by atoms with van der Waals surface area (Å²) in [7, 11) is 0.